The van der Waals surface area contributed by atoms with Crippen LogP contribution in [0.2, 0.25) is 0 Å². The summed E-state index contributed by atoms with van der Waals surface area (Å²) in [5.74, 6) is 0. The number of aryl methyl sites for hydroxylation is 1. The molecule has 7 nitrogen and oxygen atoms in total. The molecule has 190 valence electrons. The van der Waals surface area contributed by atoms with Crippen molar-refractivity contribution in [2.75, 3.05) is 0 Å². The molecule has 2 aromatic carbocycles. The zero-order valence-corrected chi connectivity index (χ0v) is 19.2. The first-order chi connectivity index (χ1) is 17.6. The molecular formula is C25H19F5N6O. The Balaban J connectivity index is 1.74. The van der Waals surface area contributed by atoms with Gasteiger partial charge in [-0.25, -0.2) is 14.4 Å². The lowest BCUT2D eigenvalue weighted by molar-refractivity contribution is -0.137. The topological polar surface area (TPSA) is 91.1 Å². The summed E-state index contributed by atoms with van der Waals surface area (Å²) < 4.78 is 67.0. The van der Waals surface area contributed by atoms with Crippen LogP contribution in [0.25, 0.3) is 16.8 Å². The molecule has 12 heteroatoms. The monoisotopic (exact) mass is 514 g/mol. The van der Waals surface area contributed by atoms with Crippen molar-refractivity contribution in [2.45, 2.75) is 19.6 Å². The van der Waals surface area contributed by atoms with Crippen LogP contribution in [0.1, 0.15) is 23.4 Å². The average molecular weight is 514 g/mol. The molecule has 0 spiro atoms. The summed E-state index contributed by atoms with van der Waals surface area (Å²) in [6.07, 6.45) is 1.79. The minimum atomic E-state index is -4.56. The van der Waals surface area contributed by atoms with Gasteiger partial charge >= 0.3 is 12.7 Å². The first kappa shape index (κ1) is 25.5. The molecule has 2 aromatic heterocycles. The minimum Gasteiger partial charge on any atom is -0.405 e. The summed E-state index contributed by atoms with van der Waals surface area (Å²) in [7, 11) is 0. The number of aliphatic imine (C=N–C) groups is 1. The maximum absolute atomic E-state index is 13.1. The van der Waals surface area contributed by atoms with Crippen molar-refractivity contribution in [3.8, 4) is 16.8 Å². The standard InChI is InChI=1S/C25H19F5N6O/c1-15-11-16(17-13-32-36(14-17)24(26)27)5-6-21(15)35-10-8-22(37)23(34-35)20(7-9-31)33-19-4-2-3-18(12-19)25(28,29)30/h2-14,24H,31H2,1H3. The fourth-order valence-corrected chi connectivity index (χ4v) is 3.56. The van der Waals surface area contributed by atoms with Crippen LogP contribution in [0.15, 0.2) is 89.2 Å². The van der Waals surface area contributed by atoms with Crippen LogP contribution >= 0.6 is 0 Å². The van der Waals surface area contributed by atoms with E-state index < -0.39 is 23.7 Å². The molecule has 0 saturated heterocycles. The highest BCUT2D eigenvalue weighted by Gasteiger charge is 2.30. The molecule has 0 amide bonds. The minimum absolute atomic E-state index is 0.0325. The van der Waals surface area contributed by atoms with E-state index in [1.54, 1.807) is 25.1 Å². The normalized spacial score (nSPS) is 12.6. The second-order valence-corrected chi connectivity index (χ2v) is 7.87. The van der Waals surface area contributed by atoms with Gasteiger partial charge < -0.3 is 5.73 Å². The van der Waals surface area contributed by atoms with Crippen LogP contribution in [-0.4, -0.2) is 25.3 Å². The molecule has 0 bridgehead atoms. The molecule has 2 heterocycles. The van der Waals surface area contributed by atoms with E-state index in [2.05, 4.69) is 15.2 Å². The highest BCUT2D eigenvalue weighted by Crippen LogP contribution is 2.31. The van der Waals surface area contributed by atoms with E-state index in [0.29, 0.717) is 27.1 Å². The Hall–Kier alpha value is -4.61. The van der Waals surface area contributed by atoms with Gasteiger partial charge in [0.05, 0.1) is 28.8 Å². The molecule has 0 fully saturated rings. The Morgan fingerprint density at radius 2 is 1.89 bits per heavy atom. The number of nitrogens with two attached hydrogens (primary N) is 1. The number of alkyl halides is 5. The number of hydrogen-bond donors (Lipinski definition) is 1. The average Bonchev–Trinajstić information content (AvgIpc) is 3.35. The van der Waals surface area contributed by atoms with E-state index in [9.17, 15) is 26.7 Å². The van der Waals surface area contributed by atoms with E-state index in [0.717, 1.165) is 18.3 Å². The van der Waals surface area contributed by atoms with Gasteiger partial charge in [0, 0.05) is 24.0 Å². The Morgan fingerprint density at radius 3 is 2.54 bits per heavy atom. The lowest BCUT2D eigenvalue weighted by Crippen LogP contribution is -2.20. The van der Waals surface area contributed by atoms with E-state index in [1.165, 1.54) is 47.5 Å². The van der Waals surface area contributed by atoms with Gasteiger partial charge in [-0.15, -0.1) is 0 Å². The van der Waals surface area contributed by atoms with Crippen LogP contribution in [0, 0.1) is 6.92 Å². The zero-order chi connectivity index (χ0) is 26.7. The van der Waals surface area contributed by atoms with Crippen molar-refractivity contribution >= 4 is 11.4 Å². The van der Waals surface area contributed by atoms with Gasteiger partial charge in [-0.2, -0.15) is 32.1 Å². The van der Waals surface area contributed by atoms with Gasteiger partial charge in [-0.05, 0) is 60.7 Å². The summed E-state index contributed by atoms with van der Waals surface area (Å²) in [4.78, 5) is 16.8. The number of halogens is 5. The molecule has 4 aromatic rings. The fraction of sp³-hybridized carbons (Fsp3) is 0.120. The van der Waals surface area contributed by atoms with Crippen LogP contribution in [-0.2, 0) is 6.18 Å². The number of benzene rings is 2. The van der Waals surface area contributed by atoms with Gasteiger partial charge in [0.2, 0.25) is 5.43 Å². The van der Waals surface area contributed by atoms with Crippen molar-refractivity contribution in [3.05, 3.63) is 106 Å². The number of nitrogens with zero attached hydrogens (tertiary/aromatic N) is 5. The Morgan fingerprint density at radius 1 is 1.11 bits per heavy atom. The van der Waals surface area contributed by atoms with Crippen LogP contribution in [0.4, 0.5) is 27.6 Å². The molecular weight excluding hydrogens is 495 g/mol. The SMILES string of the molecule is Cc1cc(-c2cnn(C(F)F)c2)ccc1-n1ccc(=O)c(C(C=CN)=Nc2cccc(C(F)(F)F)c2)n1. The maximum atomic E-state index is 13.1. The summed E-state index contributed by atoms with van der Waals surface area (Å²) in [6, 6.07) is 10.7. The van der Waals surface area contributed by atoms with Crippen LogP contribution in [0.3, 0.4) is 0 Å². The van der Waals surface area contributed by atoms with Gasteiger partial charge in [0.25, 0.3) is 0 Å². The molecule has 0 atom stereocenters. The number of rotatable bonds is 6. The highest BCUT2D eigenvalue weighted by atomic mass is 19.4. The van der Waals surface area contributed by atoms with Crippen LogP contribution < -0.4 is 11.2 Å². The van der Waals surface area contributed by atoms with Crippen molar-refractivity contribution in [3.63, 3.8) is 0 Å². The Kier molecular flexibility index (Phi) is 7.00. The third-order valence-corrected chi connectivity index (χ3v) is 5.31. The lowest BCUT2D eigenvalue weighted by atomic mass is 10.1. The van der Waals surface area contributed by atoms with Gasteiger partial charge in [-0.1, -0.05) is 12.1 Å². The molecule has 0 saturated carbocycles. The fourth-order valence-electron chi connectivity index (χ4n) is 3.56. The Bertz CT molecular complexity index is 1550. The second kappa shape index (κ2) is 10.2. The van der Waals surface area contributed by atoms with E-state index >= 15 is 0 Å². The van der Waals surface area contributed by atoms with E-state index in [4.69, 9.17) is 5.73 Å². The predicted octanol–water partition coefficient (Wildman–Crippen LogP) is 5.41. The molecule has 0 aliphatic carbocycles. The van der Waals surface area contributed by atoms with Crippen molar-refractivity contribution in [1.29, 1.82) is 0 Å². The second-order valence-electron chi connectivity index (χ2n) is 7.87. The van der Waals surface area contributed by atoms with Gasteiger partial charge in [-0.3, -0.25) is 4.79 Å². The first-order valence-electron chi connectivity index (χ1n) is 10.7. The molecule has 0 radical (unpaired) electrons. The first-order valence-corrected chi connectivity index (χ1v) is 10.7. The van der Waals surface area contributed by atoms with Gasteiger partial charge in [0.15, 0.2) is 5.69 Å². The summed E-state index contributed by atoms with van der Waals surface area (Å²) >= 11 is 0. The van der Waals surface area contributed by atoms with Crippen molar-refractivity contribution < 1.29 is 22.0 Å². The molecule has 37 heavy (non-hydrogen) atoms. The largest absolute Gasteiger partial charge is 0.416 e. The molecule has 0 aliphatic heterocycles. The summed E-state index contributed by atoms with van der Waals surface area (Å²) in [5.41, 5.74) is 6.30. The lowest BCUT2D eigenvalue weighted by Gasteiger charge is -2.12. The number of aromatic nitrogens is 4. The van der Waals surface area contributed by atoms with E-state index in [-0.39, 0.29) is 17.1 Å². The molecule has 4 rings (SSSR count). The number of allylic oxidation sites excluding steroid dienone is 1. The highest BCUT2D eigenvalue weighted by molar-refractivity contribution is 6.08. The van der Waals surface area contributed by atoms with Crippen molar-refractivity contribution in [2.24, 2.45) is 10.7 Å². The number of hydrogen-bond acceptors (Lipinski definition) is 5. The summed E-state index contributed by atoms with van der Waals surface area (Å²) in [6.45, 7) is -0.986. The molecule has 2 N–H and O–H groups in total. The van der Waals surface area contributed by atoms with Crippen molar-refractivity contribution in [1.82, 2.24) is 19.6 Å². The zero-order valence-electron chi connectivity index (χ0n) is 19.2. The van der Waals surface area contributed by atoms with Gasteiger partial charge in [0.1, 0.15) is 0 Å². The maximum Gasteiger partial charge on any atom is 0.416 e. The predicted molar refractivity (Wildman–Crippen MR) is 128 cm³/mol. The Labute approximate surface area is 207 Å². The molecule has 0 aliphatic rings. The smallest absolute Gasteiger partial charge is 0.405 e. The van der Waals surface area contributed by atoms with Crippen LogP contribution in [0.5, 0.6) is 0 Å². The molecule has 0 unspecified atom stereocenters. The third kappa shape index (κ3) is 5.63. The van der Waals surface area contributed by atoms with E-state index in [1.807, 2.05) is 0 Å². The quantitative estimate of drug-likeness (QED) is 0.275. The third-order valence-electron chi connectivity index (χ3n) is 5.31. The summed E-state index contributed by atoms with van der Waals surface area (Å²) in [5, 5.41) is 7.98.